The molecule has 0 spiro atoms. The van der Waals surface area contributed by atoms with Gasteiger partial charge in [-0.25, -0.2) is 4.79 Å². The van der Waals surface area contributed by atoms with Crippen molar-refractivity contribution in [2.24, 2.45) is 0 Å². The summed E-state index contributed by atoms with van der Waals surface area (Å²) in [5, 5.41) is 2.88. The van der Waals surface area contributed by atoms with Crippen LogP contribution in [0.25, 0.3) is 0 Å². The van der Waals surface area contributed by atoms with Crippen LogP contribution in [0.4, 0.5) is 10.5 Å². The van der Waals surface area contributed by atoms with Crippen LogP contribution in [0.3, 0.4) is 0 Å². The molecule has 0 radical (unpaired) electrons. The number of amides is 2. The molecule has 1 aliphatic rings. The smallest absolute Gasteiger partial charge is 0.321 e. The lowest BCUT2D eigenvalue weighted by molar-refractivity contribution is 0.227. The molecule has 2 rings (SSSR count). The van der Waals surface area contributed by atoms with Crippen LogP contribution in [0, 0.1) is 0 Å². The zero-order chi connectivity index (χ0) is 13.3. The number of nitrogens with zero attached hydrogens (tertiary/aromatic N) is 2. The normalized spacial score (nSPS) is 14.7. The minimum atomic E-state index is -0.0892. The van der Waals surface area contributed by atoms with Crippen molar-refractivity contribution in [3.8, 4) is 0 Å². The van der Waals surface area contributed by atoms with E-state index in [1.54, 1.807) is 14.1 Å². The van der Waals surface area contributed by atoms with Crippen LogP contribution in [0.1, 0.15) is 25.0 Å². The third kappa shape index (κ3) is 2.64. The Labute approximate surface area is 109 Å². The molecule has 1 N–H and O–H groups in total. The van der Waals surface area contributed by atoms with Gasteiger partial charge in [0.15, 0.2) is 0 Å². The molecular weight excluding hydrogens is 226 g/mol. The van der Waals surface area contributed by atoms with Gasteiger partial charge in [-0.15, -0.1) is 0 Å². The quantitative estimate of drug-likeness (QED) is 0.871. The van der Waals surface area contributed by atoms with E-state index in [2.05, 4.69) is 36.2 Å². The van der Waals surface area contributed by atoms with E-state index in [4.69, 9.17) is 0 Å². The van der Waals surface area contributed by atoms with Crippen molar-refractivity contribution in [2.75, 3.05) is 19.4 Å². The van der Waals surface area contributed by atoms with Gasteiger partial charge in [0.05, 0.1) is 0 Å². The van der Waals surface area contributed by atoms with Gasteiger partial charge in [-0.3, -0.25) is 4.90 Å². The lowest BCUT2D eigenvalue weighted by atomic mass is 10.1. The maximum atomic E-state index is 11.6. The molecule has 4 heteroatoms. The van der Waals surface area contributed by atoms with Crippen molar-refractivity contribution in [3.63, 3.8) is 0 Å². The highest BCUT2D eigenvalue weighted by Gasteiger charge is 2.21. The number of carbonyl (C=O) groups is 1. The van der Waals surface area contributed by atoms with E-state index in [0.29, 0.717) is 6.04 Å². The van der Waals surface area contributed by atoms with Crippen LogP contribution in [-0.4, -0.2) is 36.0 Å². The predicted molar refractivity (Wildman–Crippen MR) is 73.5 cm³/mol. The summed E-state index contributed by atoms with van der Waals surface area (Å²) >= 11 is 0. The molecule has 0 bridgehead atoms. The summed E-state index contributed by atoms with van der Waals surface area (Å²) < 4.78 is 0. The first-order valence-electron chi connectivity index (χ1n) is 6.31. The van der Waals surface area contributed by atoms with Gasteiger partial charge in [0.25, 0.3) is 0 Å². The number of carbonyl (C=O) groups excluding carboxylic acids is 1. The zero-order valence-electron chi connectivity index (χ0n) is 11.5. The van der Waals surface area contributed by atoms with Gasteiger partial charge in [0.2, 0.25) is 0 Å². The van der Waals surface area contributed by atoms with Crippen LogP contribution in [-0.2, 0) is 13.1 Å². The number of fused-ring (bicyclic) bond motifs is 1. The zero-order valence-corrected chi connectivity index (χ0v) is 11.5. The molecular formula is C14H21N3O. The summed E-state index contributed by atoms with van der Waals surface area (Å²) in [6.07, 6.45) is 0. The molecule has 18 heavy (non-hydrogen) atoms. The van der Waals surface area contributed by atoms with Gasteiger partial charge < -0.3 is 10.2 Å². The molecule has 0 saturated heterocycles. The Balaban J connectivity index is 2.11. The molecule has 0 atom stereocenters. The Bertz CT molecular complexity index is 454. The first-order valence-corrected chi connectivity index (χ1v) is 6.31. The number of hydrogen-bond donors (Lipinski definition) is 1. The highest BCUT2D eigenvalue weighted by Crippen LogP contribution is 2.27. The monoisotopic (exact) mass is 247 g/mol. The fourth-order valence-electron chi connectivity index (χ4n) is 2.10. The second-order valence-corrected chi connectivity index (χ2v) is 5.31. The Morgan fingerprint density at radius 1 is 1.28 bits per heavy atom. The summed E-state index contributed by atoms with van der Waals surface area (Å²) in [6, 6.07) is 6.64. The van der Waals surface area contributed by atoms with Crippen molar-refractivity contribution in [3.05, 3.63) is 29.3 Å². The number of anilines is 1. The van der Waals surface area contributed by atoms with Crippen LogP contribution in [0.2, 0.25) is 0 Å². The molecule has 0 saturated carbocycles. The van der Waals surface area contributed by atoms with Gasteiger partial charge in [-0.05, 0) is 37.1 Å². The van der Waals surface area contributed by atoms with E-state index in [-0.39, 0.29) is 6.03 Å². The topological polar surface area (TPSA) is 35.6 Å². The van der Waals surface area contributed by atoms with Crippen LogP contribution >= 0.6 is 0 Å². The Kier molecular flexibility index (Phi) is 3.57. The van der Waals surface area contributed by atoms with Crippen molar-refractivity contribution in [1.29, 1.82) is 0 Å². The maximum Gasteiger partial charge on any atom is 0.321 e. The summed E-state index contributed by atoms with van der Waals surface area (Å²) in [4.78, 5) is 15.5. The van der Waals surface area contributed by atoms with Crippen LogP contribution in [0.5, 0.6) is 0 Å². The SMILES string of the molecule is CC(C)N1Cc2ccc(NC(=O)N(C)C)cc2C1. The fraction of sp³-hybridized carbons (Fsp3) is 0.500. The van der Waals surface area contributed by atoms with Crippen molar-refractivity contribution in [2.45, 2.75) is 33.0 Å². The lowest BCUT2D eigenvalue weighted by Gasteiger charge is -2.18. The molecule has 0 unspecified atom stereocenters. The summed E-state index contributed by atoms with van der Waals surface area (Å²) in [7, 11) is 3.48. The predicted octanol–water partition coefficient (Wildman–Crippen LogP) is 2.50. The van der Waals surface area contributed by atoms with E-state index < -0.39 is 0 Å². The molecule has 98 valence electrons. The number of nitrogens with one attached hydrogen (secondary N) is 1. The average molecular weight is 247 g/mol. The Morgan fingerprint density at radius 2 is 1.94 bits per heavy atom. The molecule has 0 aromatic heterocycles. The van der Waals surface area contributed by atoms with Crippen LogP contribution in [0.15, 0.2) is 18.2 Å². The summed E-state index contributed by atoms with van der Waals surface area (Å²) in [6.45, 7) is 6.40. The second-order valence-electron chi connectivity index (χ2n) is 5.31. The van der Waals surface area contributed by atoms with E-state index in [0.717, 1.165) is 18.8 Å². The van der Waals surface area contributed by atoms with Crippen molar-refractivity contribution < 1.29 is 4.79 Å². The molecule has 1 aromatic carbocycles. The molecule has 1 aliphatic heterocycles. The van der Waals surface area contributed by atoms with Crippen LogP contribution < -0.4 is 5.32 Å². The van der Waals surface area contributed by atoms with E-state index in [1.165, 1.54) is 16.0 Å². The fourth-order valence-corrected chi connectivity index (χ4v) is 2.10. The van der Waals surface area contributed by atoms with Gasteiger partial charge in [0, 0.05) is 38.9 Å². The first-order chi connectivity index (χ1) is 8.47. The highest BCUT2D eigenvalue weighted by molar-refractivity contribution is 5.89. The summed E-state index contributed by atoms with van der Waals surface area (Å²) in [5.74, 6) is 0. The second kappa shape index (κ2) is 4.98. The average Bonchev–Trinajstić information content (AvgIpc) is 2.71. The van der Waals surface area contributed by atoms with Crippen molar-refractivity contribution in [1.82, 2.24) is 9.80 Å². The first kappa shape index (κ1) is 12.9. The number of benzene rings is 1. The molecule has 0 fully saturated rings. The highest BCUT2D eigenvalue weighted by atomic mass is 16.2. The van der Waals surface area contributed by atoms with E-state index in [9.17, 15) is 4.79 Å². The van der Waals surface area contributed by atoms with Gasteiger partial charge in [-0.2, -0.15) is 0 Å². The third-order valence-electron chi connectivity index (χ3n) is 3.34. The third-order valence-corrected chi connectivity index (χ3v) is 3.34. The Hall–Kier alpha value is -1.55. The lowest BCUT2D eigenvalue weighted by Crippen LogP contribution is -2.27. The Morgan fingerprint density at radius 3 is 2.56 bits per heavy atom. The molecule has 0 aliphatic carbocycles. The largest absolute Gasteiger partial charge is 0.331 e. The minimum absolute atomic E-state index is 0.0892. The number of hydrogen-bond acceptors (Lipinski definition) is 2. The molecule has 2 amide bonds. The van der Waals surface area contributed by atoms with Gasteiger partial charge in [-0.1, -0.05) is 6.07 Å². The maximum absolute atomic E-state index is 11.6. The number of rotatable bonds is 2. The molecule has 1 aromatic rings. The van der Waals surface area contributed by atoms with Gasteiger partial charge >= 0.3 is 6.03 Å². The standard InChI is InChI=1S/C14H21N3O/c1-10(2)17-8-11-5-6-13(7-12(11)9-17)15-14(18)16(3)4/h5-7,10H,8-9H2,1-4H3,(H,15,18). The summed E-state index contributed by atoms with van der Waals surface area (Å²) in [5.41, 5.74) is 3.56. The van der Waals surface area contributed by atoms with E-state index >= 15 is 0 Å². The molecule has 1 heterocycles. The van der Waals surface area contributed by atoms with Crippen molar-refractivity contribution >= 4 is 11.7 Å². The number of urea groups is 1. The molecule has 4 nitrogen and oxygen atoms in total. The van der Waals surface area contributed by atoms with Gasteiger partial charge in [0.1, 0.15) is 0 Å². The van der Waals surface area contributed by atoms with E-state index in [1.807, 2.05) is 6.07 Å². The minimum Gasteiger partial charge on any atom is -0.331 e.